The van der Waals surface area contributed by atoms with Gasteiger partial charge in [-0.15, -0.1) is 0 Å². The van der Waals surface area contributed by atoms with E-state index in [0.717, 1.165) is 32.5 Å². The van der Waals surface area contributed by atoms with Crippen molar-refractivity contribution in [2.75, 3.05) is 47.1 Å². The van der Waals surface area contributed by atoms with Gasteiger partial charge in [0.25, 0.3) is 5.91 Å². The highest BCUT2D eigenvalue weighted by molar-refractivity contribution is 5.95. The van der Waals surface area contributed by atoms with E-state index < -0.39 is 0 Å². The minimum atomic E-state index is 0.0420. The van der Waals surface area contributed by atoms with E-state index >= 15 is 0 Å². The number of nitrogens with zero attached hydrogens (tertiary/aromatic N) is 1. The molecule has 33 heavy (non-hydrogen) atoms. The van der Waals surface area contributed by atoms with Crippen molar-refractivity contribution in [2.45, 2.75) is 70.9 Å². The lowest BCUT2D eigenvalue weighted by atomic mass is 10.0. The fourth-order valence-electron chi connectivity index (χ4n) is 4.31. The van der Waals surface area contributed by atoms with Crippen molar-refractivity contribution < 1.29 is 19.0 Å². The second kappa shape index (κ2) is 15.1. The summed E-state index contributed by atoms with van der Waals surface area (Å²) in [5.41, 5.74) is 6.17. The molecule has 1 aromatic carbocycles. The molecule has 1 heterocycles. The van der Waals surface area contributed by atoms with Crippen LogP contribution < -0.4 is 20.5 Å². The van der Waals surface area contributed by atoms with Crippen LogP contribution in [0.4, 0.5) is 0 Å². The van der Waals surface area contributed by atoms with Crippen molar-refractivity contribution >= 4 is 5.91 Å². The number of rotatable bonds is 11. The van der Waals surface area contributed by atoms with E-state index in [4.69, 9.17) is 19.9 Å². The summed E-state index contributed by atoms with van der Waals surface area (Å²) < 4.78 is 16.2. The largest absolute Gasteiger partial charge is 0.493 e. The summed E-state index contributed by atoms with van der Waals surface area (Å²) in [6, 6.07) is 6.11. The molecule has 3 rings (SSSR count). The van der Waals surface area contributed by atoms with Gasteiger partial charge in [0, 0.05) is 44.3 Å². The first-order valence-electron chi connectivity index (χ1n) is 12.5. The monoisotopic (exact) mass is 463 g/mol. The molecule has 7 heteroatoms. The number of nitrogens with two attached hydrogens (primary N) is 1. The number of nitrogens with one attached hydrogen (secondary N) is 1. The predicted octanol–water partition coefficient (Wildman–Crippen LogP) is 3.85. The molecule has 7 nitrogen and oxygen atoms in total. The standard InChI is InChI=1S/C21H34N2O4.C5H11N/c1-16(2)23(11-9-17-8-10-22-15-17)21(24)18-6-7-19(26-4)20(14-18)27-13-5-12-25-3;6-5-3-1-2-4-5/h6-7,14,16-17,22H,5,8-13,15H2,1-4H3;5H,1-4,6H2. The Hall–Kier alpha value is -1.83. The van der Waals surface area contributed by atoms with Crippen molar-refractivity contribution in [3.8, 4) is 11.5 Å². The lowest BCUT2D eigenvalue weighted by Gasteiger charge is -2.28. The van der Waals surface area contributed by atoms with Crippen LogP contribution in [0.15, 0.2) is 18.2 Å². The van der Waals surface area contributed by atoms with Gasteiger partial charge in [-0.1, -0.05) is 12.8 Å². The van der Waals surface area contributed by atoms with E-state index in [1.165, 1.54) is 32.1 Å². The zero-order chi connectivity index (χ0) is 24.1. The predicted molar refractivity (Wildman–Crippen MR) is 133 cm³/mol. The van der Waals surface area contributed by atoms with Crippen molar-refractivity contribution in [3.05, 3.63) is 23.8 Å². The molecule has 1 aliphatic heterocycles. The van der Waals surface area contributed by atoms with Gasteiger partial charge in [0.2, 0.25) is 0 Å². The van der Waals surface area contributed by atoms with Gasteiger partial charge in [0.05, 0.1) is 13.7 Å². The molecule has 1 aromatic rings. The van der Waals surface area contributed by atoms with Crippen LogP contribution in [0.5, 0.6) is 11.5 Å². The molecule has 1 saturated carbocycles. The summed E-state index contributed by atoms with van der Waals surface area (Å²) in [4.78, 5) is 15.1. The molecule has 1 aliphatic carbocycles. The lowest BCUT2D eigenvalue weighted by molar-refractivity contribution is 0.0695. The maximum Gasteiger partial charge on any atom is 0.254 e. The number of hydrogen-bond donors (Lipinski definition) is 2. The summed E-state index contributed by atoms with van der Waals surface area (Å²) in [6.45, 7) is 8.21. The van der Waals surface area contributed by atoms with E-state index in [1.807, 2.05) is 11.0 Å². The number of hydrogen-bond acceptors (Lipinski definition) is 6. The van der Waals surface area contributed by atoms with Gasteiger partial charge in [0.15, 0.2) is 11.5 Å². The third-order valence-electron chi connectivity index (χ3n) is 6.39. The van der Waals surface area contributed by atoms with Crippen LogP contribution in [-0.4, -0.2) is 70.0 Å². The van der Waals surface area contributed by atoms with Gasteiger partial charge in [-0.05, 0) is 76.7 Å². The van der Waals surface area contributed by atoms with E-state index in [9.17, 15) is 4.79 Å². The van der Waals surface area contributed by atoms with Gasteiger partial charge in [-0.2, -0.15) is 0 Å². The van der Waals surface area contributed by atoms with Crippen LogP contribution in [0.1, 0.15) is 69.2 Å². The van der Waals surface area contributed by atoms with Crippen LogP contribution in [0.3, 0.4) is 0 Å². The number of carbonyl (C=O) groups excluding carboxylic acids is 1. The molecule has 2 fully saturated rings. The zero-order valence-corrected chi connectivity index (χ0v) is 21.1. The Morgan fingerprint density at radius 1 is 1.15 bits per heavy atom. The first-order valence-corrected chi connectivity index (χ1v) is 12.5. The van der Waals surface area contributed by atoms with Crippen LogP contribution in [0.25, 0.3) is 0 Å². The molecule has 1 unspecified atom stereocenters. The SMILES string of the molecule is COCCCOc1cc(C(=O)N(CCC2CCNC2)C(C)C)ccc1OC.NC1CCCC1. The third-order valence-corrected chi connectivity index (χ3v) is 6.39. The molecule has 3 N–H and O–H groups in total. The second-order valence-corrected chi connectivity index (χ2v) is 9.34. The highest BCUT2D eigenvalue weighted by atomic mass is 16.5. The summed E-state index contributed by atoms with van der Waals surface area (Å²) in [7, 11) is 3.27. The first kappa shape index (κ1) is 27.4. The number of benzene rings is 1. The maximum absolute atomic E-state index is 13.1. The van der Waals surface area contributed by atoms with Crippen molar-refractivity contribution in [3.63, 3.8) is 0 Å². The number of ether oxygens (including phenoxy) is 3. The molecule has 1 saturated heterocycles. The van der Waals surface area contributed by atoms with E-state index in [-0.39, 0.29) is 11.9 Å². The van der Waals surface area contributed by atoms with Gasteiger partial charge < -0.3 is 30.2 Å². The van der Waals surface area contributed by atoms with Gasteiger partial charge in [-0.3, -0.25) is 4.79 Å². The Balaban J connectivity index is 0.000000554. The number of amides is 1. The van der Waals surface area contributed by atoms with Crippen LogP contribution in [0.2, 0.25) is 0 Å². The Bertz CT molecular complexity index is 686. The Labute approximate surface area is 200 Å². The summed E-state index contributed by atoms with van der Waals surface area (Å²) >= 11 is 0. The average molecular weight is 464 g/mol. The normalized spacial score (nSPS) is 18.2. The highest BCUT2D eigenvalue weighted by Gasteiger charge is 2.23. The van der Waals surface area contributed by atoms with Crippen LogP contribution in [-0.2, 0) is 4.74 Å². The van der Waals surface area contributed by atoms with Crippen LogP contribution >= 0.6 is 0 Å². The van der Waals surface area contributed by atoms with Gasteiger partial charge in [-0.25, -0.2) is 0 Å². The molecular formula is C26H45N3O4. The zero-order valence-electron chi connectivity index (χ0n) is 21.1. The third kappa shape index (κ3) is 9.51. The Morgan fingerprint density at radius 3 is 2.45 bits per heavy atom. The van der Waals surface area contributed by atoms with Gasteiger partial charge >= 0.3 is 0 Å². The highest BCUT2D eigenvalue weighted by Crippen LogP contribution is 2.29. The first-order chi connectivity index (χ1) is 16.0. The van der Waals surface area contributed by atoms with Crippen molar-refractivity contribution in [1.29, 1.82) is 0 Å². The molecule has 1 atom stereocenters. The molecule has 2 aliphatic rings. The van der Waals surface area contributed by atoms with Crippen molar-refractivity contribution in [2.24, 2.45) is 11.7 Å². The fourth-order valence-corrected chi connectivity index (χ4v) is 4.31. The molecule has 0 radical (unpaired) electrons. The molecular weight excluding hydrogens is 418 g/mol. The second-order valence-electron chi connectivity index (χ2n) is 9.34. The molecule has 0 bridgehead atoms. The molecule has 1 amide bonds. The van der Waals surface area contributed by atoms with Crippen LogP contribution in [0, 0.1) is 5.92 Å². The minimum Gasteiger partial charge on any atom is -0.493 e. The maximum atomic E-state index is 13.1. The van der Waals surface area contributed by atoms with Crippen molar-refractivity contribution in [1.82, 2.24) is 10.2 Å². The molecule has 188 valence electrons. The summed E-state index contributed by atoms with van der Waals surface area (Å²) in [6.07, 6.45) is 8.27. The molecule has 0 spiro atoms. The van der Waals surface area contributed by atoms with E-state index in [2.05, 4.69) is 19.2 Å². The quantitative estimate of drug-likeness (QED) is 0.485. The lowest BCUT2D eigenvalue weighted by Crippen LogP contribution is -2.38. The Morgan fingerprint density at radius 2 is 1.91 bits per heavy atom. The number of methoxy groups -OCH3 is 2. The topological polar surface area (TPSA) is 86.0 Å². The van der Waals surface area contributed by atoms with Gasteiger partial charge in [0.1, 0.15) is 0 Å². The van der Waals surface area contributed by atoms with E-state index in [1.54, 1.807) is 26.4 Å². The summed E-state index contributed by atoms with van der Waals surface area (Å²) in [5.74, 6) is 1.94. The molecule has 0 aromatic heterocycles. The minimum absolute atomic E-state index is 0.0420. The number of carbonyl (C=O) groups is 1. The smallest absolute Gasteiger partial charge is 0.254 e. The van der Waals surface area contributed by atoms with E-state index in [0.29, 0.717) is 42.2 Å². The fraction of sp³-hybridized carbons (Fsp3) is 0.731. The average Bonchev–Trinajstić information content (AvgIpc) is 3.51. The Kier molecular flexibility index (Phi) is 12.6. The summed E-state index contributed by atoms with van der Waals surface area (Å²) in [5, 5.41) is 3.39.